The predicted octanol–water partition coefficient (Wildman–Crippen LogP) is 1.24. The lowest BCUT2D eigenvalue weighted by atomic mass is 10.2. The molecule has 0 radical (unpaired) electrons. The highest BCUT2D eigenvalue weighted by Crippen LogP contribution is 2.19. The van der Waals surface area contributed by atoms with E-state index in [4.69, 9.17) is 0 Å². The molecule has 102 valence electrons. The Morgan fingerprint density at radius 3 is 2.94 bits per heavy atom. The molecule has 0 spiro atoms. The van der Waals surface area contributed by atoms with Gasteiger partial charge >= 0.3 is 6.18 Å². The van der Waals surface area contributed by atoms with Gasteiger partial charge in [0.25, 0.3) is 0 Å². The third-order valence-electron chi connectivity index (χ3n) is 3.13. The van der Waals surface area contributed by atoms with Gasteiger partial charge in [-0.25, -0.2) is 4.98 Å². The van der Waals surface area contributed by atoms with Gasteiger partial charge in [0, 0.05) is 38.1 Å². The minimum absolute atomic E-state index is 0.315. The van der Waals surface area contributed by atoms with Crippen LogP contribution >= 0.6 is 0 Å². The SMILES string of the molecule is C[C@@H]1CNCCN1Cc1nccn1CC(F)(F)F. The molecule has 4 nitrogen and oxygen atoms in total. The maximum Gasteiger partial charge on any atom is 0.406 e. The molecule has 2 rings (SSSR count). The van der Waals surface area contributed by atoms with Crippen molar-refractivity contribution in [3.05, 3.63) is 18.2 Å². The third kappa shape index (κ3) is 3.46. The lowest BCUT2D eigenvalue weighted by Gasteiger charge is -2.33. The molecule has 0 bridgehead atoms. The van der Waals surface area contributed by atoms with Gasteiger partial charge in [0.05, 0.1) is 6.54 Å². The number of alkyl halides is 3. The van der Waals surface area contributed by atoms with Crippen LogP contribution in [0.15, 0.2) is 12.4 Å². The fraction of sp³-hybridized carbons (Fsp3) is 0.727. The molecule has 1 fully saturated rings. The smallest absolute Gasteiger partial charge is 0.325 e. The molecule has 0 amide bonds. The molecule has 7 heteroatoms. The summed E-state index contributed by atoms with van der Waals surface area (Å²) in [7, 11) is 0. The van der Waals surface area contributed by atoms with E-state index in [9.17, 15) is 13.2 Å². The van der Waals surface area contributed by atoms with Gasteiger partial charge in [0.1, 0.15) is 12.4 Å². The summed E-state index contributed by atoms with van der Waals surface area (Å²) in [6.45, 7) is 4.11. The van der Waals surface area contributed by atoms with Crippen molar-refractivity contribution in [1.29, 1.82) is 0 Å². The molecule has 0 aliphatic carbocycles. The van der Waals surface area contributed by atoms with Crippen molar-refractivity contribution >= 4 is 0 Å². The lowest BCUT2D eigenvalue weighted by Crippen LogP contribution is -2.49. The average Bonchev–Trinajstić information content (AvgIpc) is 2.67. The maximum absolute atomic E-state index is 12.4. The van der Waals surface area contributed by atoms with Crippen molar-refractivity contribution < 1.29 is 13.2 Å². The van der Waals surface area contributed by atoms with E-state index >= 15 is 0 Å². The van der Waals surface area contributed by atoms with Crippen molar-refractivity contribution in [2.45, 2.75) is 32.2 Å². The van der Waals surface area contributed by atoms with Crippen molar-refractivity contribution in [2.75, 3.05) is 19.6 Å². The molecule has 1 aromatic rings. The van der Waals surface area contributed by atoms with E-state index in [0.717, 1.165) is 19.6 Å². The monoisotopic (exact) mass is 262 g/mol. The summed E-state index contributed by atoms with van der Waals surface area (Å²) in [6, 6.07) is 0.315. The summed E-state index contributed by atoms with van der Waals surface area (Å²) < 4.78 is 38.3. The number of nitrogens with zero attached hydrogens (tertiary/aromatic N) is 3. The first-order chi connectivity index (χ1) is 8.46. The molecule has 0 saturated carbocycles. The van der Waals surface area contributed by atoms with E-state index in [0.29, 0.717) is 18.4 Å². The van der Waals surface area contributed by atoms with Crippen LogP contribution in [0.3, 0.4) is 0 Å². The molecule has 1 N–H and O–H groups in total. The Labute approximate surface area is 104 Å². The van der Waals surface area contributed by atoms with Crippen LogP contribution in [0.5, 0.6) is 0 Å². The Morgan fingerprint density at radius 1 is 1.50 bits per heavy atom. The van der Waals surface area contributed by atoms with E-state index in [1.165, 1.54) is 17.0 Å². The fourth-order valence-corrected chi connectivity index (χ4v) is 2.13. The third-order valence-corrected chi connectivity index (χ3v) is 3.13. The summed E-state index contributed by atoms with van der Waals surface area (Å²) >= 11 is 0. The van der Waals surface area contributed by atoms with Crippen LogP contribution in [0.2, 0.25) is 0 Å². The summed E-state index contributed by atoms with van der Waals surface area (Å²) in [6.07, 6.45) is -1.39. The number of rotatable bonds is 3. The zero-order valence-corrected chi connectivity index (χ0v) is 10.2. The van der Waals surface area contributed by atoms with Crippen molar-refractivity contribution in [3.8, 4) is 0 Å². The molecule has 1 aliphatic heterocycles. The Morgan fingerprint density at radius 2 is 2.28 bits per heavy atom. The fourth-order valence-electron chi connectivity index (χ4n) is 2.13. The molecular weight excluding hydrogens is 245 g/mol. The molecular formula is C11H17F3N4. The lowest BCUT2D eigenvalue weighted by molar-refractivity contribution is -0.141. The van der Waals surface area contributed by atoms with Crippen LogP contribution in [-0.4, -0.2) is 46.3 Å². The number of aromatic nitrogens is 2. The van der Waals surface area contributed by atoms with Gasteiger partial charge in [-0.05, 0) is 6.92 Å². The van der Waals surface area contributed by atoms with Crippen LogP contribution in [0.1, 0.15) is 12.7 Å². The number of piperazine rings is 1. The summed E-state index contributed by atoms with van der Waals surface area (Å²) in [5.74, 6) is 0.473. The van der Waals surface area contributed by atoms with Crippen molar-refractivity contribution in [3.63, 3.8) is 0 Å². The molecule has 1 saturated heterocycles. The summed E-state index contributed by atoms with van der Waals surface area (Å²) in [5, 5.41) is 3.25. The van der Waals surface area contributed by atoms with Crippen molar-refractivity contribution in [1.82, 2.24) is 19.8 Å². The van der Waals surface area contributed by atoms with Gasteiger partial charge in [-0.15, -0.1) is 0 Å². The number of halogens is 3. The predicted molar refractivity (Wildman–Crippen MR) is 61.0 cm³/mol. The second-order valence-corrected chi connectivity index (χ2v) is 4.61. The molecule has 18 heavy (non-hydrogen) atoms. The largest absolute Gasteiger partial charge is 0.406 e. The second-order valence-electron chi connectivity index (χ2n) is 4.61. The topological polar surface area (TPSA) is 33.1 Å². The van der Waals surface area contributed by atoms with E-state index < -0.39 is 12.7 Å². The normalized spacial score (nSPS) is 22.3. The highest BCUT2D eigenvalue weighted by molar-refractivity contribution is 4.94. The van der Waals surface area contributed by atoms with E-state index in [-0.39, 0.29) is 0 Å². The van der Waals surface area contributed by atoms with Gasteiger partial charge in [0.15, 0.2) is 0 Å². The zero-order chi connectivity index (χ0) is 13.2. The molecule has 1 aliphatic rings. The molecule has 2 heterocycles. The number of hydrogen-bond acceptors (Lipinski definition) is 3. The minimum atomic E-state index is -4.20. The first-order valence-corrected chi connectivity index (χ1v) is 5.97. The van der Waals surface area contributed by atoms with Crippen LogP contribution in [0.4, 0.5) is 13.2 Å². The van der Waals surface area contributed by atoms with E-state index in [1.807, 2.05) is 0 Å². The van der Waals surface area contributed by atoms with Gasteiger partial charge in [-0.2, -0.15) is 13.2 Å². The number of hydrogen-bond donors (Lipinski definition) is 1. The summed E-state index contributed by atoms with van der Waals surface area (Å²) in [5.41, 5.74) is 0. The molecule has 0 unspecified atom stereocenters. The van der Waals surface area contributed by atoms with Gasteiger partial charge in [-0.1, -0.05) is 0 Å². The Hall–Kier alpha value is -1.08. The van der Waals surface area contributed by atoms with Gasteiger partial charge in [0.2, 0.25) is 0 Å². The Balaban J connectivity index is 2.03. The highest BCUT2D eigenvalue weighted by Gasteiger charge is 2.29. The Kier molecular flexibility index (Phi) is 3.91. The molecule has 1 aromatic heterocycles. The zero-order valence-electron chi connectivity index (χ0n) is 10.2. The van der Waals surface area contributed by atoms with Crippen LogP contribution < -0.4 is 5.32 Å². The van der Waals surface area contributed by atoms with Gasteiger partial charge < -0.3 is 9.88 Å². The standard InChI is InChI=1S/C11H17F3N4/c1-9-6-15-2-4-17(9)7-10-16-3-5-18(10)8-11(12,13)14/h3,5,9,15H,2,4,6-8H2,1H3/t9-/m1/s1. The first kappa shape index (κ1) is 13.4. The average molecular weight is 262 g/mol. The van der Waals surface area contributed by atoms with Gasteiger partial charge in [-0.3, -0.25) is 4.90 Å². The van der Waals surface area contributed by atoms with E-state index in [1.54, 1.807) is 0 Å². The molecule has 1 atom stereocenters. The quantitative estimate of drug-likeness (QED) is 0.889. The van der Waals surface area contributed by atoms with Crippen LogP contribution in [0, 0.1) is 0 Å². The van der Waals surface area contributed by atoms with Crippen LogP contribution in [-0.2, 0) is 13.1 Å². The Bertz CT molecular complexity index is 388. The number of imidazole rings is 1. The molecule has 0 aromatic carbocycles. The second kappa shape index (κ2) is 5.27. The number of nitrogens with one attached hydrogen (secondary N) is 1. The highest BCUT2D eigenvalue weighted by atomic mass is 19.4. The first-order valence-electron chi connectivity index (χ1n) is 5.97. The minimum Gasteiger partial charge on any atom is -0.325 e. The summed E-state index contributed by atoms with van der Waals surface area (Å²) in [4.78, 5) is 6.17. The van der Waals surface area contributed by atoms with Crippen molar-refractivity contribution in [2.24, 2.45) is 0 Å². The van der Waals surface area contributed by atoms with Crippen LogP contribution in [0.25, 0.3) is 0 Å². The van der Waals surface area contributed by atoms with E-state index in [2.05, 4.69) is 22.1 Å². The maximum atomic E-state index is 12.4.